The first kappa shape index (κ1) is 14.0. The van der Waals surface area contributed by atoms with E-state index in [2.05, 4.69) is 22.9 Å². The van der Waals surface area contributed by atoms with Crippen molar-refractivity contribution in [3.8, 4) is 0 Å². The van der Waals surface area contributed by atoms with Gasteiger partial charge in [-0.05, 0) is 54.9 Å². The summed E-state index contributed by atoms with van der Waals surface area (Å²) in [6.45, 7) is 2.25. The van der Waals surface area contributed by atoms with Crippen LogP contribution in [0.1, 0.15) is 38.2 Å². The van der Waals surface area contributed by atoms with Crippen LogP contribution in [0, 0.1) is 17.7 Å². The first-order valence-electron chi connectivity index (χ1n) is 6.79. The minimum atomic E-state index is -0.182. The maximum atomic E-state index is 13.2. The number of benzene rings is 1. The Labute approximate surface area is 117 Å². The number of hydrogen-bond donors (Lipinski definition) is 1. The van der Waals surface area contributed by atoms with Crippen LogP contribution in [0.2, 0.25) is 0 Å². The van der Waals surface area contributed by atoms with E-state index in [-0.39, 0.29) is 11.9 Å². The fraction of sp³-hybridized carbons (Fsp3) is 0.600. The summed E-state index contributed by atoms with van der Waals surface area (Å²) < 4.78 is 14.2. The number of halogens is 2. The van der Waals surface area contributed by atoms with Crippen LogP contribution in [-0.4, -0.2) is 6.04 Å². The van der Waals surface area contributed by atoms with E-state index in [1.54, 1.807) is 12.1 Å². The molecular weight excluding hydrogens is 293 g/mol. The molecule has 1 aromatic rings. The lowest BCUT2D eigenvalue weighted by molar-refractivity contribution is 0.404. The summed E-state index contributed by atoms with van der Waals surface area (Å²) in [6.07, 6.45) is 5.79. The van der Waals surface area contributed by atoms with Crippen molar-refractivity contribution in [1.29, 1.82) is 0 Å². The van der Waals surface area contributed by atoms with Gasteiger partial charge in [0.25, 0.3) is 0 Å². The van der Waals surface area contributed by atoms with Crippen LogP contribution < -0.4 is 5.73 Å². The summed E-state index contributed by atoms with van der Waals surface area (Å²) >= 11 is 3.47. The van der Waals surface area contributed by atoms with Crippen LogP contribution in [0.5, 0.6) is 0 Å². The highest BCUT2D eigenvalue weighted by atomic mass is 79.9. The first-order valence-corrected chi connectivity index (χ1v) is 7.59. The van der Waals surface area contributed by atoms with Gasteiger partial charge in [-0.15, -0.1) is 0 Å². The predicted molar refractivity (Wildman–Crippen MR) is 76.9 cm³/mol. The van der Waals surface area contributed by atoms with E-state index >= 15 is 0 Å². The van der Waals surface area contributed by atoms with Crippen LogP contribution in [0.25, 0.3) is 0 Å². The molecule has 0 bridgehead atoms. The van der Waals surface area contributed by atoms with E-state index in [0.29, 0.717) is 5.92 Å². The Hall–Kier alpha value is -0.410. The van der Waals surface area contributed by atoms with Crippen molar-refractivity contribution in [2.45, 2.75) is 45.1 Å². The van der Waals surface area contributed by atoms with E-state index in [1.165, 1.54) is 31.7 Å². The lowest BCUT2D eigenvalue weighted by Gasteiger charge is -2.20. The fourth-order valence-electron chi connectivity index (χ4n) is 2.99. The topological polar surface area (TPSA) is 26.0 Å². The van der Waals surface area contributed by atoms with Crippen molar-refractivity contribution in [1.82, 2.24) is 0 Å². The van der Waals surface area contributed by atoms with Crippen LogP contribution >= 0.6 is 15.9 Å². The normalized spacial score (nSPS) is 25.3. The Morgan fingerprint density at radius 3 is 2.89 bits per heavy atom. The SMILES string of the molecule is CCC1CCC(C(N)Cc2cc(F)ccc2Br)C1. The van der Waals surface area contributed by atoms with Gasteiger partial charge < -0.3 is 5.73 Å². The highest BCUT2D eigenvalue weighted by molar-refractivity contribution is 9.10. The third kappa shape index (κ3) is 3.33. The molecule has 1 nitrogen and oxygen atoms in total. The third-order valence-corrected chi connectivity index (χ3v) is 5.00. The predicted octanol–water partition coefficient (Wildman–Crippen LogP) is 4.28. The maximum absolute atomic E-state index is 13.2. The van der Waals surface area contributed by atoms with E-state index in [9.17, 15) is 4.39 Å². The smallest absolute Gasteiger partial charge is 0.123 e. The lowest BCUT2D eigenvalue weighted by Crippen LogP contribution is -2.31. The zero-order valence-electron chi connectivity index (χ0n) is 10.8. The molecule has 0 heterocycles. The van der Waals surface area contributed by atoms with Gasteiger partial charge in [-0.3, -0.25) is 0 Å². The summed E-state index contributed by atoms with van der Waals surface area (Å²) in [4.78, 5) is 0. The largest absolute Gasteiger partial charge is 0.327 e. The van der Waals surface area contributed by atoms with Gasteiger partial charge in [0.1, 0.15) is 5.82 Å². The number of nitrogens with two attached hydrogens (primary N) is 1. The second-order valence-corrected chi connectivity index (χ2v) is 6.31. The quantitative estimate of drug-likeness (QED) is 0.882. The van der Waals surface area contributed by atoms with Gasteiger partial charge in [-0.2, -0.15) is 0 Å². The summed E-state index contributed by atoms with van der Waals surface area (Å²) in [5.74, 6) is 1.26. The average molecular weight is 314 g/mol. The second-order valence-electron chi connectivity index (χ2n) is 5.45. The van der Waals surface area contributed by atoms with Crippen LogP contribution in [-0.2, 0) is 6.42 Å². The Morgan fingerprint density at radius 1 is 1.44 bits per heavy atom. The molecule has 3 heteroatoms. The molecule has 0 radical (unpaired) electrons. The number of hydrogen-bond acceptors (Lipinski definition) is 1. The molecule has 2 rings (SSSR count). The van der Waals surface area contributed by atoms with Crippen molar-refractivity contribution >= 4 is 15.9 Å². The van der Waals surface area contributed by atoms with Gasteiger partial charge in [0.2, 0.25) is 0 Å². The van der Waals surface area contributed by atoms with Gasteiger partial charge in [-0.1, -0.05) is 35.7 Å². The highest BCUT2D eigenvalue weighted by Crippen LogP contribution is 2.35. The highest BCUT2D eigenvalue weighted by Gasteiger charge is 2.28. The molecule has 0 aromatic heterocycles. The Kier molecular flexibility index (Phi) is 4.79. The Bertz CT molecular complexity index is 407. The van der Waals surface area contributed by atoms with Crippen molar-refractivity contribution < 1.29 is 4.39 Å². The van der Waals surface area contributed by atoms with E-state index < -0.39 is 0 Å². The molecule has 1 saturated carbocycles. The first-order chi connectivity index (χ1) is 8.60. The summed E-state index contributed by atoms with van der Waals surface area (Å²) in [6, 6.07) is 4.98. The molecule has 3 unspecified atom stereocenters. The lowest BCUT2D eigenvalue weighted by atomic mass is 9.91. The van der Waals surface area contributed by atoms with Crippen LogP contribution in [0.4, 0.5) is 4.39 Å². The molecule has 2 N–H and O–H groups in total. The molecule has 100 valence electrons. The molecular formula is C15H21BrFN. The summed E-state index contributed by atoms with van der Waals surface area (Å²) in [7, 11) is 0. The minimum absolute atomic E-state index is 0.152. The van der Waals surface area contributed by atoms with Gasteiger partial charge in [0.15, 0.2) is 0 Å². The maximum Gasteiger partial charge on any atom is 0.123 e. The molecule has 1 fully saturated rings. The van der Waals surface area contributed by atoms with Crippen LogP contribution in [0.15, 0.2) is 22.7 Å². The van der Waals surface area contributed by atoms with Crippen molar-refractivity contribution in [2.75, 3.05) is 0 Å². The summed E-state index contributed by atoms with van der Waals surface area (Å²) in [5.41, 5.74) is 7.29. The zero-order valence-corrected chi connectivity index (χ0v) is 12.4. The van der Waals surface area contributed by atoms with Gasteiger partial charge in [0.05, 0.1) is 0 Å². The molecule has 3 atom stereocenters. The minimum Gasteiger partial charge on any atom is -0.327 e. The van der Waals surface area contributed by atoms with Crippen LogP contribution in [0.3, 0.4) is 0 Å². The molecule has 18 heavy (non-hydrogen) atoms. The van der Waals surface area contributed by atoms with Crippen molar-refractivity contribution in [3.63, 3.8) is 0 Å². The van der Waals surface area contributed by atoms with Gasteiger partial charge >= 0.3 is 0 Å². The fourth-order valence-corrected chi connectivity index (χ4v) is 3.40. The Balaban J connectivity index is 1.98. The molecule has 0 amide bonds. The van der Waals surface area contributed by atoms with Crippen molar-refractivity contribution in [3.05, 3.63) is 34.1 Å². The monoisotopic (exact) mass is 313 g/mol. The molecule has 1 aliphatic carbocycles. The standard InChI is InChI=1S/C15H21BrFN/c1-2-10-3-4-11(7-10)15(18)9-12-8-13(17)5-6-14(12)16/h5-6,8,10-11,15H,2-4,7,9,18H2,1H3. The van der Waals surface area contributed by atoms with Gasteiger partial charge in [-0.25, -0.2) is 4.39 Å². The van der Waals surface area contributed by atoms with E-state index in [1.807, 2.05) is 0 Å². The molecule has 1 aromatic carbocycles. The Morgan fingerprint density at radius 2 is 2.22 bits per heavy atom. The average Bonchev–Trinajstić information content (AvgIpc) is 2.82. The zero-order chi connectivity index (χ0) is 13.1. The molecule has 0 aliphatic heterocycles. The molecule has 0 spiro atoms. The molecule has 0 saturated heterocycles. The third-order valence-electron chi connectivity index (χ3n) is 4.23. The van der Waals surface area contributed by atoms with Gasteiger partial charge in [0, 0.05) is 10.5 Å². The second kappa shape index (κ2) is 6.16. The number of rotatable bonds is 4. The van der Waals surface area contributed by atoms with E-state index in [0.717, 1.165) is 22.4 Å². The van der Waals surface area contributed by atoms with E-state index in [4.69, 9.17) is 5.73 Å². The summed E-state index contributed by atoms with van der Waals surface area (Å²) in [5, 5.41) is 0. The van der Waals surface area contributed by atoms with Crippen molar-refractivity contribution in [2.24, 2.45) is 17.6 Å². The molecule has 1 aliphatic rings.